The van der Waals surface area contributed by atoms with Crippen molar-refractivity contribution in [2.24, 2.45) is 0 Å². The van der Waals surface area contributed by atoms with Gasteiger partial charge in [0.15, 0.2) is 0 Å². The monoisotopic (exact) mass is 510 g/mol. The molecule has 9 heteroatoms. The van der Waals surface area contributed by atoms with Crippen molar-refractivity contribution in [3.63, 3.8) is 0 Å². The van der Waals surface area contributed by atoms with Gasteiger partial charge in [0.25, 0.3) is 5.91 Å². The number of benzene rings is 2. The molecule has 3 aromatic rings. The number of hydrogen-bond acceptors (Lipinski definition) is 7. The summed E-state index contributed by atoms with van der Waals surface area (Å²) in [6.45, 7) is 3.31. The van der Waals surface area contributed by atoms with Gasteiger partial charge in [-0.25, -0.2) is 9.97 Å². The predicted molar refractivity (Wildman–Crippen MR) is 141 cm³/mol. The van der Waals surface area contributed by atoms with Crippen LogP contribution in [-0.4, -0.2) is 56.6 Å². The largest absolute Gasteiger partial charge is 0.324 e. The van der Waals surface area contributed by atoms with Crippen molar-refractivity contribution < 1.29 is 14.4 Å². The van der Waals surface area contributed by atoms with Gasteiger partial charge >= 0.3 is 0 Å². The van der Waals surface area contributed by atoms with Crippen LogP contribution in [0.25, 0.3) is 0 Å². The van der Waals surface area contributed by atoms with Crippen molar-refractivity contribution in [1.29, 1.82) is 0 Å². The van der Waals surface area contributed by atoms with Crippen molar-refractivity contribution in [2.45, 2.75) is 50.7 Å². The number of likely N-dealkylation sites (tertiary alicyclic amines) is 1. The average Bonchev–Trinajstić information content (AvgIpc) is 3.25. The molecule has 0 saturated carbocycles. The van der Waals surface area contributed by atoms with Gasteiger partial charge in [0.1, 0.15) is 6.04 Å². The maximum absolute atomic E-state index is 13.0. The highest BCUT2D eigenvalue weighted by molar-refractivity contribution is 6.05. The van der Waals surface area contributed by atoms with Crippen molar-refractivity contribution >= 4 is 29.4 Å². The molecule has 6 rings (SSSR count). The first-order valence-electron chi connectivity index (χ1n) is 13.2. The summed E-state index contributed by atoms with van der Waals surface area (Å²) in [7, 11) is 0. The second-order valence-corrected chi connectivity index (χ2v) is 10.3. The molecule has 3 aliphatic heterocycles. The lowest BCUT2D eigenvalue weighted by Crippen LogP contribution is -2.52. The number of hydrogen-bond donors (Lipinski definition) is 2. The summed E-state index contributed by atoms with van der Waals surface area (Å²) in [6.07, 6.45) is 6.20. The van der Waals surface area contributed by atoms with E-state index in [1.807, 2.05) is 12.1 Å². The first-order chi connectivity index (χ1) is 18.5. The fourth-order valence-corrected chi connectivity index (χ4v) is 5.77. The Balaban J connectivity index is 1.06. The molecule has 0 spiro atoms. The summed E-state index contributed by atoms with van der Waals surface area (Å²) in [5.74, 6) is 0.271. The second kappa shape index (κ2) is 10.3. The maximum Gasteiger partial charge on any atom is 0.255 e. The standard InChI is InChI=1S/C29H30N6O3/c36-26-8-7-25(27(37)33-26)35-18-22-16-21(5-6-24(22)28(35)38)20-9-13-34(14-10-20)17-19-3-1-4-23(15-19)32-29-30-11-2-12-31-29/h1-6,11-12,15-16,20,25H,7-10,13-14,17-18H2,(H,30,31,32)(H,33,36,37). The molecule has 194 valence electrons. The van der Waals surface area contributed by atoms with E-state index in [2.05, 4.69) is 55.8 Å². The van der Waals surface area contributed by atoms with Crippen LogP contribution in [0.15, 0.2) is 60.9 Å². The molecule has 2 N–H and O–H groups in total. The normalized spacial score (nSPS) is 20.4. The molecule has 9 nitrogen and oxygen atoms in total. The van der Waals surface area contributed by atoms with Crippen LogP contribution in [0.3, 0.4) is 0 Å². The molecule has 4 heterocycles. The number of carbonyl (C=O) groups is 3. The fraction of sp³-hybridized carbons (Fsp3) is 0.345. The lowest BCUT2D eigenvalue weighted by molar-refractivity contribution is -0.136. The Morgan fingerprint density at radius 2 is 1.76 bits per heavy atom. The van der Waals surface area contributed by atoms with E-state index in [1.165, 1.54) is 11.1 Å². The molecule has 3 amide bonds. The summed E-state index contributed by atoms with van der Waals surface area (Å²) < 4.78 is 0. The third kappa shape index (κ3) is 5.02. The van der Waals surface area contributed by atoms with Crippen LogP contribution in [0.5, 0.6) is 0 Å². The Morgan fingerprint density at radius 3 is 2.55 bits per heavy atom. The molecule has 0 bridgehead atoms. The molecule has 38 heavy (non-hydrogen) atoms. The van der Waals surface area contributed by atoms with Crippen LogP contribution in [0.2, 0.25) is 0 Å². The van der Waals surface area contributed by atoms with E-state index in [-0.39, 0.29) is 24.1 Å². The highest BCUT2D eigenvalue weighted by atomic mass is 16.2. The SMILES string of the molecule is O=C1CCC(N2Cc3cc(C4CCN(Cc5cccc(Nc6ncccn6)c5)CC4)ccc3C2=O)C(=O)N1. The van der Waals surface area contributed by atoms with Crippen LogP contribution in [-0.2, 0) is 22.7 Å². The fourth-order valence-electron chi connectivity index (χ4n) is 5.77. The molecule has 1 atom stereocenters. The van der Waals surface area contributed by atoms with Gasteiger partial charge in [-0.05, 0) is 79.2 Å². The first-order valence-corrected chi connectivity index (χ1v) is 13.2. The highest BCUT2D eigenvalue weighted by Crippen LogP contribution is 2.34. The minimum Gasteiger partial charge on any atom is -0.324 e. The van der Waals surface area contributed by atoms with E-state index in [4.69, 9.17) is 0 Å². The Kier molecular flexibility index (Phi) is 6.59. The predicted octanol–water partition coefficient (Wildman–Crippen LogP) is 3.36. The number of fused-ring (bicyclic) bond motifs is 1. The zero-order valence-electron chi connectivity index (χ0n) is 21.1. The van der Waals surface area contributed by atoms with Crippen molar-refractivity contribution in [3.8, 4) is 0 Å². The minimum absolute atomic E-state index is 0.119. The van der Waals surface area contributed by atoms with Gasteiger partial charge in [0.05, 0.1) is 0 Å². The minimum atomic E-state index is -0.576. The quantitative estimate of drug-likeness (QED) is 0.490. The second-order valence-electron chi connectivity index (χ2n) is 10.3. The zero-order chi connectivity index (χ0) is 26.1. The van der Waals surface area contributed by atoms with Crippen molar-refractivity contribution in [1.82, 2.24) is 25.1 Å². The topological polar surface area (TPSA) is 108 Å². The van der Waals surface area contributed by atoms with Gasteiger partial charge in [-0.3, -0.25) is 24.6 Å². The van der Waals surface area contributed by atoms with E-state index in [0.29, 0.717) is 30.4 Å². The molecule has 0 radical (unpaired) electrons. The maximum atomic E-state index is 13.0. The Bertz CT molecular complexity index is 1370. The van der Waals surface area contributed by atoms with Gasteiger partial charge in [0, 0.05) is 43.2 Å². The smallest absolute Gasteiger partial charge is 0.255 e. The highest BCUT2D eigenvalue weighted by Gasteiger charge is 2.39. The summed E-state index contributed by atoms with van der Waals surface area (Å²) in [6, 6.07) is 15.7. The third-order valence-corrected chi connectivity index (χ3v) is 7.76. The number of nitrogens with zero attached hydrogens (tertiary/aromatic N) is 4. The molecule has 2 saturated heterocycles. The van der Waals surface area contributed by atoms with Gasteiger partial charge < -0.3 is 10.2 Å². The van der Waals surface area contributed by atoms with Crippen LogP contribution in [0.1, 0.15) is 58.6 Å². The van der Waals surface area contributed by atoms with Crippen LogP contribution < -0.4 is 10.6 Å². The molecular formula is C29H30N6O3. The average molecular weight is 511 g/mol. The van der Waals surface area contributed by atoms with Crippen LogP contribution >= 0.6 is 0 Å². The number of carbonyl (C=O) groups excluding carboxylic acids is 3. The summed E-state index contributed by atoms with van der Waals surface area (Å²) >= 11 is 0. The molecule has 1 unspecified atom stereocenters. The van der Waals surface area contributed by atoms with E-state index in [9.17, 15) is 14.4 Å². The van der Waals surface area contributed by atoms with E-state index >= 15 is 0 Å². The van der Waals surface area contributed by atoms with Gasteiger partial charge in [-0.15, -0.1) is 0 Å². The van der Waals surface area contributed by atoms with Crippen molar-refractivity contribution in [2.75, 3.05) is 18.4 Å². The number of amides is 3. The summed E-state index contributed by atoms with van der Waals surface area (Å²) in [4.78, 5) is 49.4. The zero-order valence-corrected chi connectivity index (χ0v) is 21.1. The molecule has 3 aliphatic rings. The number of aromatic nitrogens is 2. The molecule has 2 aromatic carbocycles. The molecular weight excluding hydrogens is 480 g/mol. The lowest BCUT2D eigenvalue weighted by atomic mass is 9.87. The lowest BCUT2D eigenvalue weighted by Gasteiger charge is -2.32. The summed E-state index contributed by atoms with van der Waals surface area (Å²) in [5, 5.41) is 5.62. The van der Waals surface area contributed by atoms with Crippen LogP contribution in [0, 0.1) is 0 Å². The Hall–Kier alpha value is -4.11. The number of nitrogens with one attached hydrogen (secondary N) is 2. The Morgan fingerprint density at radius 1 is 0.947 bits per heavy atom. The number of imide groups is 1. The molecule has 0 aliphatic carbocycles. The third-order valence-electron chi connectivity index (χ3n) is 7.76. The Labute approximate surface area is 221 Å². The summed E-state index contributed by atoms with van der Waals surface area (Å²) in [5.41, 5.74) is 5.13. The van der Waals surface area contributed by atoms with E-state index < -0.39 is 6.04 Å². The first kappa shape index (κ1) is 24.2. The van der Waals surface area contributed by atoms with Gasteiger partial charge in [-0.1, -0.05) is 24.3 Å². The van der Waals surface area contributed by atoms with Gasteiger partial charge in [0.2, 0.25) is 17.8 Å². The number of rotatable bonds is 6. The molecule has 1 aromatic heterocycles. The van der Waals surface area contributed by atoms with E-state index in [0.717, 1.165) is 43.7 Å². The van der Waals surface area contributed by atoms with Crippen molar-refractivity contribution in [3.05, 3.63) is 83.2 Å². The molecule has 2 fully saturated rings. The number of anilines is 2. The number of piperidine rings is 2. The van der Waals surface area contributed by atoms with E-state index in [1.54, 1.807) is 23.4 Å². The van der Waals surface area contributed by atoms with Crippen LogP contribution in [0.4, 0.5) is 11.6 Å². The van der Waals surface area contributed by atoms with Gasteiger partial charge in [-0.2, -0.15) is 0 Å².